The van der Waals surface area contributed by atoms with E-state index in [1.807, 2.05) is 19.1 Å². The van der Waals surface area contributed by atoms with Gasteiger partial charge in [-0.3, -0.25) is 19.3 Å². The Morgan fingerprint density at radius 3 is 2.50 bits per heavy atom. The lowest BCUT2D eigenvalue weighted by Crippen LogP contribution is -2.36. The third-order valence-corrected chi connectivity index (χ3v) is 6.02. The Labute approximate surface area is 213 Å². The minimum Gasteiger partial charge on any atom is -0.493 e. The minimum atomic E-state index is -0.570. The zero-order chi connectivity index (χ0) is 26.2. The number of methoxy groups -OCH3 is 2. The van der Waals surface area contributed by atoms with Crippen molar-refractivity contribution < 1.29 is 33.4 Å². The molecule has 1 aliphatic heterocycles. The number of anilines is 1. The number of esters is 1. The second kappa shape index (κ2) is 12.1. The molecule has 0 saturated carbocycles. The van der Waals surface area contributed by atoms with E-state index in [1.54, 1.807) is 36.4 Å². The lowest BCUT2D eigenvalue weighted by molar-refractivity contribution is -0.143. The molecule has 0 unspecified atom stereocenters. The highest BCUT2D eigenvalue weighted by Gasteiger charge is 2.36. The van der Waals surface area contributed by atoms with Crippen molar-refractivity contribution >= 4 is 46.5 Å². The van der Waals surface area contributed by atoms with Gasteiger partial charge in [0.05, 0.1) is 19.1 Å². The predicted octanol–water partition coefficient (Wildman–Crippen LogP) is 3.96. The van der Waals surface area contributed by atoms with E-state index < -0.39 is 29.6 Å². The van der Waals surface area contributed by atoms with E-state index in [1.165, 1.54) is 14.2 Å². The number of allylic oxidation sites excluding steroid dienone is 1. The van der Waals surface area contributed by atoms with Gasteiger partial charge in [-0.2, -0.15) is 0 Å². The summed E-state index contributed by atoms with van der Waals surface area (Å²) < 4.78 is 15.6. The number of imide groups is 1. The fourth-order valence-electron chi connectivity index (χ4n) is 3.35. The average molecular weight is 511 g/mol. The number of hydrogen-bond acceptors (Lipinski definition) is 8. The van der Waals surface area contributed by atoms with E-state index in [-0.39, 0.29) is 11.5 Å². The maximum Gasteiger partial charge on any atom is 0.343 e. The Morgan fingerprint density at radius 2 is 1.86 bits per heavy atom. The molecule has 0 aliphatic carbocycles. The SMILES string of the molecule is C=CCc1cc(/C=C2/SC(=O)N(CC(=O)Nc3ccc(C)cc3)C2=O)cc(OC)c1OCC(=O)OC. The molecule has 188 valence electrons. The summed E-state index contributed by atoms with van der Waals surface area (Å²) in [6, 6.07) is 10.5. The minimum absolute atomic E-state index is 0.165. The molecular weight excluding hydrogens is 484 g/mol. The van der Waals surface area contributed by atoms with Crippen LogP contribution in [0.2, 0.25) is 0 Å². The third kappa shape index (κ3) is 6.54. The number of nitrogens with one attached hydrogen (secondary N) is 1. The van der Waals surface area contributed by atoms with Crippen LogP contribution in [0.4, 0.5) is 10.5 Å². The molecule has 0 aromatic heterocycles. The molecule has 1 aliphatic rings. The molecule has 1 heterocycles. The van der Waals surface area contributed by atoms with E-state index >= 15 is 0 Å². The molecule has 0 bridgehead atoms. The number of ether oxygens (including phenoxy) is 3. The fraction of sp³-hybridized carbons (Fsp3) is 0.231. The first-order chi connectivity index (χ1) is 17.2. The number of rotatable bonds is 10. The Hall–Kier alpha value is -4.05. The van der Waals surface area contributed by atoms with Crippen LogP contribution >= 0.6 is 11.8 Å². The topological polar surface area (TPSA) is 111 Å². The van der Waals surface area contributed by atoms with E-state index in [0.29, 0.717) is 34.7 Å². The molecule has 1 saturated heterocycles. The molecule has 0 atom stereocenters. The molecule has 0 radical (unpaired) electrons. The van der Waals surface area contributed by atoms with Gasteiger partial charge >= 0.3 is 5.97 Å². The second-order valence-electron chi connectivity index (χ2n) is 7.75. The van der Waals surface area contributed by atoms with Crippen LogP contribution in [0.5, 0.6) is 11.5 Å². The largest absolute Gasteiger partial charge is 0.493 e. The highest BCUT2D eigenvalue weighted by molar-refractivity contribution is 8.18. The lowest BCUT2D eigenvalue weighted by Gasteiger charge is -2.15. The second-order valence-corrected chi connectivity index (χ2v) is 8.74. The Bertz CT molecular complexity index is 1220. The van der Waals surface area contributed by atoms with Crippen molar-refractivity contribution in [2.24, 2.45) is 0 Å². The first-order valence-electron chi connectivity index (χ1n) is 10.9. The van der Waals surface area contributed by atoms with E-state index in [2.05, 4.69) is 16.6 Å². The number of carbonyl (C=O) groups is 4. The van der Waals surface area contributed by atoms with Crippen molar-refractivity contribution in [2.75, 3.05) is 32.7 Å². The molecule has 1 N–H and O–H groups in total. The Kier molecular flexibility index (Phi) is 8.91. The first kappa shape index (κ1) is 26.6. The number of nitrogens with zero attached hydrogens (tertiary/aromatic N) is 1. The highest BCUT2D eigenvalue weighted by Crippen LogP contribution is 2.37. The van der Waals surface area contributed by atoms with Crippen LogP contribution in [0, 0.1) is 6.92 Å². The molecule has 0 spiro atoms. The van der Waals surface area contributed by atoms with Crippen LogP contribution < -0.4 is 14.8 Å². The summed E-state index contributed by atoms with van der Waals surface area (Å²) in [5.41, 5.74) is 2.85. The van der Waals surface area contributed by atoms with E-state index in [9.17, 15) is 19.2 Å². The van der Waals surface area contributed by atoms with Gasteiger partial charge in [0.25, 0.3) is 11.1 Å². The number of benzene rings is 2. The number of thioether (sulfide) groups is 1. The molecule has 9 nitrogen and oxygen atoms in total. The van der Waals surface area contributed by atoms with Crippen LogP contribution in [0.25, 0.3) is 6.08 Å². The van der Waals surface area contributed by atoms with Crippen LogP contribution in [-0.2, 0) is 25.5 Å². The maximum absolute atomic E-state index is 12.9. The van der Waals surface area contributed by atoms with Gasteiger partial charge in [-0.05, 0) is 61.0 Å². The molecule has 3 amide bonds. The predicted molar refractivity (Wildman–Crippen MR) is 137 cm³/mol. The van der Waals surface area contributed by atoms with Gasteiger partial charge in [-0.15, -0.1) is 6.58 Å². The van der Waals surface area contributed by atoms with Gasteiger partial charge in [0, 0.05) is 11.3 Å². The summed E-state index contributed by atoms with van der Waals surface area (Å²) in [4.78, 5) is 50.4. The summed E-state index contributed by atoms with van der Waals surface area (Å²) in [5.74, 6) is -0.920. The summed E-state index contributed by atoms with van der Waals surface area (Å²) in [6.07, 6.45) is 3.60. The van der Waals surface area contributed by atoms with Crippen molar-refractivity contribution in [1.29, 1.82) is 0 Å². The fourth-order valence-corrected chi connectivity index (χ4v) is 4.19. The van der Waals surface area contributed by atoms with Gasteiger partial charge in [0.2, 0.25) is 5.91 Å². The van der Waals surface area contributed by atoms with Crippen molar-refractivity contribution in [3.8, 4) is 11.5 Å². The number of hydrogen-bond donors (Lipinski definition) is 1. The van der Waals surface area contributed by atoms with Gasteiger partial charge < -0.3 is 19.5 Å². The van der Waals surface area contributed by atoms with Crippen molar-refractivity contribution in [1.82, 2.24) is 4.90 Å². The zero-order valence-electron chi connectivity index (χ0n) is 20.2. The van der Waals surface area contributed by atoms with Crippen LogP contribution in [0.15, 0.2) is 54.0 Å². The summed E-state index contributed by atoms with van der Waals surface area (Å²) in [6.45, 7) is 4.96. The zero-order valence-corrected chi connectivity index (χ0v) is 21.0. The Balaban J connectivity index is 1.80. The number of amides is 3. The van der Waals surface area contributed by atoms with Crippen LogP contribution in [-0.4, -0.2) is 55.3 Å². The van der Waals surface area contributed by atoms with Gasteiger partial charge in [-0.25, -0.2) is 4.79 Å². The van der Waals surface area contributed by atoms with E-state index in [0.717, 1.165) is 22.2 Å². The quantitative estimate of drug-likeness (QED) is 0.291. The standard InChI is InChI=1S/C26H26N2O7S/c1-5-6-18-11-17(12-20(33-3)24(18)35-15-23(30)34-4)13-21-25(31)28(26(32)36-21)14-22(29)27-19-9-7-16(2)8-10-19/h5,7-13H,1,6,14-15H2,2-4H3,(H,27,29)/b21-13+. The maximum atomic E-state index is 12.9. The molecule has 2 aromatic rings. The first-order valence-corrected chi connectivity index (χ1v) is 11.7. The Morgan fingerprint density at radius 1 is 1.14 bits per heavy atom. The summed E-state index contributed by atoms with van der Waals surface area (Å²) in [5, 5.41) is 2.14. The molecule has 10 heteroatoms. The van der Waals surface area contributed by atoms with Crippen molar-refractivity contribution in [3.63, 3.8) is 0 Å². The van der Waals surface area contributed by atoms with Gasteiger partial charge in [0.15, 0.2) is 18.1 Å². The highest BCUT2D eigenvalue weighted by atomic mass is 32.2. The van der Waals surface area contributed by atoms with Crippen molar-refractivity contribution in [3.05, 3.63) is 70.6 Å². The third-order valence-electron chi connectivity index (χ3n) is 5.11. The molecule has 1 fully saturated rings. The number of carbonyl (C=O) groups excluding carboxylic acids is 4. The van der Waals surface area contributed by atoms with Crippen LogP contribution in [0.1, 0.15) is 16.7 Å². The van der Waals surface area contributed by atoms with E-state index in [4.69, 9.17) is 9.47 Å². The smallest absolute Gasteiger partial charge is 0.343 e. The monoisotopic (exact) mass is 510 g/mol. The molecule has 36 heavy (non-hydrogen) atoms. The van der Waals surface area contributed by atoms with Gasteiger partial charge in [-0.1, -0.05) is 23.8 Å². The van der Waals surface area contributed by atoms with Gasteiger partial charge in [0.1, 0.15) is 6.54 Å². The normalized spacial score (nSPS) is 14.1. The van der Waals surface area contributed by atoms with Crippen molar-refractivity contribution in [2.45, 2.75) is 13.3 Å². The lowest BCUT2D eigenvalue weighted by atomic mass is 10.0. The molecule has 2 aromatic carbocycles. The summed E-state index contributed by atoms with van der Waals surface area (Å²) >= 11 is 0.746. The van der Waals surface area contributed by atoms with Crippen LogP contribution in [0.3, 0.4) is 0 Å². The summed E-state index contributed by atoms with van der Waals surface area (Å²) in [7, 11) is 2.71. The molecular formula is C26H26N2O7S. The number of aryl methyl sites for hydroxylation is 1. The molecule has 3 rings (SSSR count). The average Bonchev–Trinajstić information content (AvgIpc) is 3.11.